The lowest BCUT2D eigenvalue weighted by Crippen LogP contribution is -2.14. The summed E-state index contributed by atoms with van der Waals surface area (Å²) in [6.45, 7) is 0. The fourth-order valence-electron chi connectivity index (χ4n) is 2.46. The molecule has 2 aromatic rings. The van der Waals surface area contributed by atoms with Crippen LogP contribution < -0.4 is 5.73 Å². The van der Waals surface area contributed by atoms with Crippen LogP contribution in [0.4, 0.5) is 17.1 Å². The third-order valence-electron chi connectivity index (χ3n) is 3.67. The molecular formula is C15H11N5O8. The van der Waals surface area contributed by atoms with Crippen molar-refractivity contribution in [3.05, 3.63) is 55.4 Å². The third-order valence-corrected chi connectivity index (χ3v) is 3.67. The molecule has 1 aromatic heterocycles. The molecule has 2 N–H and O–H groups in total. The van der Waals surface area contributed by atoms with E-state index in [1.54, 1.807) is 6.07 Å². The number of benzene rings is 1. The quantitative estimate of drug-likeness (QED) is 0.442. The first kappa shape index (κ1) is 19.8. The van der Waals surface area contributed by atoms with Crippen LogP contribution in [-0.4, -0.2) is 40.6 Å². The Kier molecular flexibility index (Phi) is 5.26. The minimum atomic E-state index is -1.08. The molecule has 0 bridgehead atoms. The number of nitrogens with two attached hydrogens (primary N) is 1. The van der Waals surface area contributed by atoms with Gasteiger partial charge in [0.05, 0.1) is 40.9 Å². The van der Waals surface area contributed by atoms with Gasteiger partial charge in [-0.3, -0.25) is 24.8 Å². The van der Waals surface area contributed by atoms with E-state index in [0.29, 0.717) is 0 Å². The zero-order chi connectivity index (χ0) is 21.2. The van der Waals surface area contributed by atoms with Crippen LogP contribution in [0.15, 0.2) is 18.3 Å². The molecule has 0 radical (unpaired) electrons. The predicted octanol–water partition coefficient (Wildman–Crippen LogP) is 1.32. The first-order chi connectivity index (χ1) is 13.2. The number of rotatable bonds is 5. The van der Waals surface area contributed by atoms with E-state index in [9.17, 15) is 29.8 Å². The second-order valence-corrected chi connectivity index (χ2v) is 5.15. The molecule has 0 saturated heterocycles. The predicted molar refractivity (Wildman–Crippen MR) is 90.9 cm³/mol. The first-order valence-corrected chi connectivity index (χ1v) is 7.22. The van der Waals surface area contributed by atoms with Crippen molar-refractivity contribution in [2.45, 2.75) is 0 Å². The van der Waals surface area contributed by atoms with Gasteiger partial charge in [0.25, 0.3) is 0 Å². The second kappa shape index (κ2) is 7.41. The van der Waals surface area contributed by atoms with Gasteiger partial charge < -0.3 is 15.2 Å². The number of nitrogen functional groups attached to an aromatic ring is 1. The van der Waals surface area contributed by atoms with Gasteiger partial charge in [0, 0.05) is 18.3 Å². The Balaban J connectivity index is 3.03. The molecule has 0 aliphatic heterocycles. The zero-order valence-electron chi connectivity index (χ0n) is 14.4. The summed E-state index contributed by atoms with van der Waals surface area (Å²) in [6, 6.07) is 3.17. The van der Waals surface area contributed by atoms with E-state index in [1.165, 1.54) is 0 Å². The summed E-state index contributed by atoms with van der Waals surface area (Å²) in [5.41, 5.74) is 1.65. The van der Waals surface area contributed by atoms with Crippen molar-refractivity contribution in [3.8, 4) is 11.8 Å². The second-order valence-electron chi connectivity index (χ2n) is 5.15. The summed E-state index contributed by atoms with van der Waals surface area (Å²) >= 11 is 0. The first-order valence-electron chi connectivity index (χ1n) is 7.22. The topological polar surface area (TPSA) is 194 Å². The maximum atomic E-state index is 12.1. The minimum absolute atomic E-state index is 0.263. The van der Waals surface area contributed by atoms with Crippen LogP contribution in [0.2, 0.25) is 0 Å². The molecule has 28 heavy (non-hydrogen) atoms. The Labute approximate surface area is 155 Å². The fraction of sp³-hybridized carbons (Fsp3) is 0.133. The number of esters is 2. The van der Waals surface area contributed by atoms with E-state index < -0.39 is 50.1 Å². The number of carbonyl (C=O) groups excluding carboxylic acids is 2. The fourth-order valence-corrected chi connectivity index (χ4v) is 2.46. The Morgan fingerprint density at radius 2 is 1.61 bits per heavy atom. The average molecular weight is 389 g/mol. The normalized spacial score (nSPS) is 10.0. The highest BCUT2D eigenvalue weighted by atomic mass is 16.6. The summed E-state index contributed by atoms with van der Waals surface area (Å²) in [5, 5.41) is 32.2. The maximum Gasteiger partial charge on any atom is 0.357 e. The average Bonchev–Trinajstić information content (AvgIpc) is 3.01. The van der Waals surface area contributed by atoms with Crippen molar-refractivity contribution >= 4 is 29.0 Å². The van der Waals surface area contributed by atoms with Crippen LogP contribution in [0.25, 0.3) is 5.69 Å². The van der Waals surface area contributed by atoms with E-state index in [4.69, 9.17) is 11.0 Å². The van der Waals surface area contributed by atoms with Crippen molar-refractivity contribution in [3.63, 3.8) is 0 Å². The highest BCUT2D eigenvalue weighted by molar-refractivity contribution is 5.97. The number of hydrogen-bond donors (Lipinski definition) is 1. The molecule has 144 valence electrons. The van der Waals surface area contributed by atoms with Gasteiger partial charge >= 0.3 is 23.3 Å². The molecule has 0 spiro atoms. The molecule has 0 fully saturated rings. The lowest BCUT2D eigenvalue weighted by Gasteiger charge is -2.10. The van der Waals surface area contributed by atoms with E-state index in [-0.39, 0.29) is 11.3 Å². The number of anilines is 1. The van der Waals surface area contributed by atoms with Gasteiger partial charge in [-0.15, -0.1) is 0 Å². The van der Waals surface area contributed by atoms with Crippen LogP contribution in [0.5, 0.6) is 0 Å². The van der Waals surface area contributed by atoms with Gasteiger partial charge in [-0.05, 0) is 0 Å². The lowest BCUT2D eigenvalue weighted by molar-refractivity contribution is -0.393. The SMILES string of the molecule is COC(=O)c1cc([N+](=O)[O-])c(-n2cc(C#N)c(N)c2C(=O)OC)c([N+](=O)[O-])c1. The number of ether oxygens (including phenoxy) is 2. The Bertz CT molecular complexity index is 1030. The van der Waals surface area contributed by atoms with Crippen LogP contribution in [-0.2, 0) is 9.47 Å². The van der Waals surface area contributed by atoms with Crippen molar-refractivity contribution in [2.75, 3.05) is 20.0 Å². The smallest absolute Gasteiger partial charge is 0.357 e. The number of hydrogen-bond acceptors (Lipinski definition) is 10. The molecule has 0 amide bonds. The molecule has 1 aromatic carbocycles. The number of aromatic nitrogens is 1. The number of nitro benzene ring substituents is 2. The highest BCUT2D eigenvalue weighted by Crippen LogP contribution is 2.37. The highest BCUT2D eigenvalue weighted by Gasteiger charge is 2.34. The standard InChI is InChI=1S/C15H11N5O8/c1-27-14(21)7-3-9(19(23)24)12(10(4-7)20(25)26)18-6-8(5-16)11(17)13(18)15(22)28-2/h3-4,6H,17H2,1-2H3. The Hall–Kier alpha value is -4.47. The molecule has 2 rings (SSSR count). The molecule has 0 unspecified atom stereocenters. The summed E-state index contributed by atoms with van der Waals surface area (Å²) < 4.78 is 9.72. The van der Waals surface area contributed by atoms with Crippen LogP contribution in [0.1, 0.15) is 26.4 Å². The molecule has 13 heteroatoms. The number of carbonyl (C=O) groups is 2. The summed E-state index contributed by atoms with van der Waals surface area (Å²) in [6.07, 6.45) is 0.925. The monoisotopic (exact) mass is 389 g/mol. The molecule has 1 heterocycles. The minimum Gasteiger partial charge on any atom is -0.465 e. The lowest BCUT2D eigenvalue weighted by atomic mass is 10.1. The van der Waals surface area contributed by atoms with E-state index in [1.807, 2.05) is 0 Å². The number of nitro groups is 2. The van der Waals surface area contributed by atoms with Gasteiger partial charge in [-0.25, -0.2) is 9.59 Å². The zero-order valence-corrected chi connectivity index (χ0v) is 14.4. The van der Waals surface area contributed by atoms with Gasteiger partial charge in [-0.1, -0.05) is 0 Å². The summed E-state index contributed by atoms with van der Waals surface area (Å²) in [4.78, 5) is 44.9. The van der Waals surface area contributed by atoms with Crippen LogP contribution in [0, 0.1) is 31.6 Å². The Morgan fingerprint density at radius 1 is 1.11 bits per heavy atom. The summed E-state index contributed by atoms with van der Waals surface area (Å²) in [5.74, 6) is -2.13. The number of nitrogens with zero attached hydrogens (tertiary/aromatic N) is 4. The number of methoxy groups -OCH3 is 2. The van der Waals surface area contributed by atoms with E-state index in [0.717, 1.165) is 37.1 Å². The number of nitriles is 1. The van der Waals surface area contributed by atoms with Crippen molar-refractivity contribution in [1.82, 2.24) is 4.57 Å². The molecule has 0 atom stereocenters. The van der Waals surface area contributed by atoms with Crippen molar-refractivity contribution in [2.24, 2.45) is 0 Å². The van der Waals surface area contributed by atoms with Gasteiger partial charge in [0.15, 0.2) is 5.69 Å². The van der Waals surface area contributed by atoms with Crippen molar-refractivity contribution in [1.29, 1.82) is 5.26 Å². The maximum absolute atomic E-state index is 12.1. The van der Waals surface area contributed by atoms with E-state index in [2.05, 4.69) is 9.47 Å². The van der Waals surface area contributed by atoms with Gasteiger partial charge in [0.1, 0.15) is 6.07 Å². The molecule has 0 aliphatic rings. The third kappa shape index (κ3) is 3.17. The van der Waals surface area contributed by atoms with Crippen LogP contribution >= 0.6 is 0 Å². The van der Waals surface area contributed by atoms with E-state index >= 15 is 0 Å². The molecule has 0 saturated carbocycles. The molecule has 13 nitrogen and oxygen atoms in total. The van der Waals surface area contributed by atoms with Crippen LogP contribution in [0.3, 0.4) is 0 Å². The Morgan fingerprint density at radius 3 is 2.00 bits per heavy atom. The molecule has 0 aliphatic carbocycles. The van der Waals surface area contributed by atoms with Gasteiger partial charge in [-0.2, -0.15) is 5.26 Å². The molecular weight excluding hydrogens is 378 g/mol. The largest absolute Gasteiger partial charge is 0.465 e. The van der Waals surface area contributed by atoms with Crippen molar-refractivity contribution < 1.29 is 28.9 Å². The summed E-state index contributed by atoms with van der Waals surface area (Å²) in [7, 11) is 1.99. The van der Waals surface area contributed by atoms with Gasteiger partial charge in [0.2, 0.25) is 5.69 Å².